The molecule has 0 fully saturated rings. The lowest BCUT2D eigenvalue weighted by Gasteiger charge is -2.10. The van der Waals surface area contributed by atoms with E-state index in [0.717, 1.165) is 0 Å². The fourth-order valence-corrected chi connectivity index (χ4v) is 2.54. The van der Waals surface area contributed by atoms with Crippen molar-refractivity contribution >= 4 is 23.7 Å². The Morgan fingerprint density at radius 2 is 1.62 bits per heavy atom. The zero-order chi connectivity index (χ0) is 20.6. The molecule has 3 aromatic carbocycles. The first kappa shape index (κ1) is 19.6. The molecule has 0 atom stereocenters. The normalized spacial score (nSPS) is 10.5. The van der Waals surface area contributed by atoms with Gasteiger partial charge in [0.05, 0.1) is 24.6 Å². The van der Waals surface area contributed by atoms with Crippen LogP contribution in [-0.2, 0) is 0 Å². The van der Waals surface area contributed by atoms with E-state index in [0.29, 0.717) is 22.6 Å². The molecule has 0 heterocycles. The molecule has 0 saturated carbocycles. The van der Waals surface area contributed by atoms with Crippen molar-refractivity contribution in [3.63, 3.8) is 0 Å². The molecule has 29 heavy (non-hydrogen) atoms. The monoisotopic (exact) mass is 389 g/mol. The Morgan fingerprint density at radius 1 is 0.931 bits per heavy atom. The van der Waals surface area contributed by atoms with Crippen molar-refractivity contribution in [2.24, 2.45) is 5.10 Å². The number of phenolic OH excluding ortho intramolecular Hbond substituents is 1. The molecule has 0 aromatic heterocycles. The van der Waals surface area contributed by atoms with Crippen LogP contribution in [0.1, 0.15) is 26.3 Å². The van der Waals surface area contributed by atoms with Crippen molar-refractivity contribution in [2.45, 2.75) is 0 Å². The van der Waals surface area contributed by atoms with E-state index < -0.39 is 5.91 Å². The molecule has 7 nitrogen and oxygen atoms in total. The number of nitrogens with one attached hydrogen (secondary N) is 2. The Kier molecular flexibility index (Phi) is 6.22. The molecule has 146 valence electrons. The lowest BCUT2D eigenvalue weighted by atomic mass is 10.1. The largest absolute Gasteiger partial charge is 0.507 e. The number of rotatable bonds is 6. The Morgan fingerprint density at radius 3 is 2.34 bits per heavy atom. The van der Waals surface area contributed by atoms with Crippen LogP contribution >= 0.6 is 0 Å². The maximum Gasteiger partial charge on any atom is 0.273 e. The van der Waals surface area contributed by atoms with Crippen LogP contribution in [0.5, 0.6) is 11.5 Å². The molecule has 0 aliphatic heterocycles. The summed E-state index contributed by atoms with van der Waals surface area (Å²) in [5.41, 5.74) is 3.89. The SMILES string of the molecule is COc1ccc(C(=O)Nc2ccccc2C(=O)NN=Cc2ccccc2O)cc1. The molecule has 3 rings (SSSR count). The summed E-state index contributed by atoms with van der Waals surface area (Å²) in [5, 5.41) is 16.3. The second-order valence-electron chi connectivity index (χ2n) is 5.99. The summed E-state index contributed by atoms with van der Waals surface area (Å²) < 4.78 is 5.08. The highest BCUT2D eigenvalue weighted by Gasteiger charge is 2.14. The van der Waals surface area contributed by atoms with Crippen molar-refractivity contribution in [3.8, 4) is 11.5 Å². The van der Waals surface area contributed by atoms with E-state index >= 15 is 0 Å². The summed E-state index contributed by atoms with van der Waals surface area (Å²) >= 11 is 0. The highest BCUT2D eigenvalue weighted by molar-refractivity contribution is 6.09. The standard InChI is InChI=1S/C22H19N3O4/c1-29-17-12-10-15(11-13-17)21(27)24-19-8-4-3-7-18(19)22(28)25-23-14-16-6-2-5-9-20(16)26/h2-14,26H,1H3,(H,24,27)(H,25,28). The number of para-hydroxylation sites is 2. The van der Waals surface area contributed by atoms with Gasteiger partial charge in [0.2, 0.25) is 0 Å². The van der Waals surface area contributed by atoms with Crippen molar-refractivity contribution < 1.29 is 19.4 Å². The predicted molar refractivity (Wildman–Crippen MR) is 111 cm³/mol. The number of anilines is 1. The van der Waals surface area contributed by atoms with Gasteiger partial charge in [-0.25, -0.2) is 5.43 Å². The van der Waals surface area contributed by atoms with Crippen LogP contribution in [0.25, 0.3) is 0 Å². The number of hydrogen-bond acceptors (Lipinski definition) is 5. The number of ether oxygens (including phenoxy) is 1. The first-order valence-corrected chi connectivity index (χ1v) is 8.74. The topological polar surface area (TPSA) is 100 Å². The van der Waals surface area contributed by atoms with E-state index in [1.54, 1.807) is 73.8 Å². The summed E-state index contributed by atoms with van der Waals surface area (Å²) in [4.78, 5) is 25.0. The molecule has 0 spiro atoms. The van der Waals surface area contributed by atoms with Crippen molar-refractivity contribution in [3.05, 3.63) is 89.5 Å². The Bertz CT molecular complexity index is 1050. The molecule has 7 heteroatoms. The highest BCUT2D eigenvalue weighted by Crippen LogP contribution is 2.18. The second-order valence-corrected chi connectivity index (χ2v) is 5.99. The third kappa shape index (κ3) is 4.98. The van der Waals surface area contributed by atoms with E-state index in [1.165, 1.54) is 12.3 Å². The summed E-state index contributed by atoms with van der Waals surface area (Å²) in [6, 6.07) is 19.8. The first-order valence-electron chi connectivity index (χ1n) is 8.74. The Hall–Kier alpha value is -4.13. The second kappa shape index (κ2) is 9.18. The summed E-state index contributed by atoms with van der Waals surface area (Å²) in [6.07, 6.45) is 1.34. The molecule has 3 aromatic rings. The highest BCUT2D eigenvalue weighted by atomic mass is 16.5. The minimum Gasteiger partial charge on any atom is -0.507 e. The number of carbonyl (C=O) groups excluding carboxylic acids is 2. The van der Waals surface area contributed by atoms with Gasteiger partial charge in [-0.2, -0.15) is 5.10 Å². The zero-order valence-electron chi connectivity index (χ0n) is 15.6. The molecule has 2 amide bonds. The van der Waals surface area contributed by atoms with Gasteiger partial charge in [0.15, 0.2) is 0 Å². The summed E-state index contributed by atoms with van der Waals surface area (Å²) in [5.74, 6) is -0.158. The van der Waals surface area contributed by atoms with Gasteiger partial charge < -0.3 is 15.2 Å². The third-order valence-electron chi connectivity index (χ3n) is 4.08. The molecule has 0 bridgehead atoms. The first-order chi connectivity index (χ1) is 14.1. The fourth-order valence-electron chi connectivity index (χ4n) is 2.54. The third-order valence-corrected chi connectivity index (χ3v) is 4.08. The Balaban J connectivity index is 1.71. The van der Waals surface area contributed by atoms with E-state index in [2.05, 4.69) is 15.8 Å². The van der Waals surface area contributed by atoms with Crippen LogP contribution in [0.2, 0.25) is 0 Å². The minimum atomic E-state index is -0.498. The molecule has 0 saturated heterocycles. The quantitative estimate of drug-likeness (QED) is 0.444. The van der Waals surface area contributed by atoms with E-state index in [-0.39, 0.29) is 17.2 Å². The van der Waals surface area contributed by atoms with Gasteiger partial charge in [-0.1, -0.05) is 24.3 Å². The van der Waals surface area contributed by atoms with Gasteiger partial charge >= 0.3 is 0 Å². The number of carbonyl (C=O) groups is 2. The van der Waals surface area contributed by atoms with Crippen molar-refractivity contribution in [1.82, 2.24) is 5.43 Å². The smallest absolute Gasteiger partial charge is 0.273 e. The number of methoxy groups -OCH3 is 1. The van der Waals surface area contributed by atoms with Gasteiger partial charge in [-0.15, -0.1) is 0 Å². The zero-order valence-corrected chi connectivity index (χ0v) is 15.6. The molecule has 0 aliphatic rings. The number of hydrogen-bond donors (Lipinski definition) is 3. The predicted octanol–water partition coefficient (Wildman–Crippen LogP) is 3.42. The van der Waals surface area contributed by atoms with Crippen molar-refractivity contribution in [2.75, 3.05) is 12.4 Å². The molecule has 0 radical (unpaired) electrons. The van der Waals surface area contributed by atoms with Crippen LogP contribution in [0.3, 0.4) is 0 Å². The van der Waals surface area contributed by atoms with Gasteiger partial charge in [0.1, 0.15) is 11.5 Å². The lowest BCUT2D eigenvalue weighted by molar-refractivity contribution is 0.0956. The number of nitrogens with zero attached hydrogens (tertiary/aromatic N) is 1. The van der Waals surface area contributed by atoms with Gasteiger partial charge in [0, 0.05) is 11.1 Å². The fraction of sp³-hybridized carbons (Fsp3) is 0.0455. The minimum absolute atomic E-state index is 0.0534. The summed E-state index contributed by atoms with van der Waals surface area (Å²) in [7, 11) is 1.55. The maximum atomic E-state index is 12.5. The van der Waals surface area contributed by atoms with Crippen LogP contribution < -0.4 is 15.5 Å². The lowest BCUT2D eigenvalue weighted by Crippen LogP contribution is -2.21. The molecular formula is C22H19N3O4. The van der Waals surface area contributed by atoms with Gasteiger partial charge in [0.25, 0.3) is 11.8 Å². The van der Waals surface area contributed by atoms with Crippen molar-refractivity contribution in [1.29, 1.82) is 0 Å². The van der Waals surface area contributed by atoms with Crippen LogP contribution in [0.4, 0.5) is 5.69 Å². The average molecular weight is 389 g/mol. The number of aromatic hydroxyl groups is 1. The summed E-state index contributed by atoms with van der Waals surface area (Å²) in [6.45, 7) is 0. The molecule has 3 N–H and O–H groups in total. The maximum absolute atomic E-state index is 12.5. The van der Waals surface area contributed by atoms with E-state index in [1.807, 2.05) is 0 Å². The van der Waals surface area contributed by atoms with Gasteiger partial charge in [-0.3, -0.25) is 9.59 Å². The number of phenols is 1. The molecular weight excluding hydrogens is 370 g/mol. The number of hydrazone groups is 1. The molecule has 0 aliphatic carbocycles. The van der Waals surface area contributed by atoms with E-state index in [9.17, 15) is 14.7 Å². The molecule has 0 unspecified atom stereocenters. The van der Waals surface area contributed by atoms with Crippen LogP contribution in [0, 0.1) is 0 Å². The van der Waals surface area contributed by atoms with Crippen LogP contribution in [-0.4, -0.2) is 30.2 Å². The van der Waals surface area contributed by atoms with E-state index in [4.69, 9.17) is 4.74 Å². The van der Waals surface area contributed by atoms with Crippen LogP contribution in [0.15, 0.2) is 77.9 Å². The van der Waals surface area contributed by atoms with Gasteiger partial charge in [-0.05, 0) is 48.5 Å². The number of benzene rings is 3. The average Bonchev–Trinajstić information content (AvgIpc) is 2.75. The Labute approximate surface area is 167 Å². The number of amides is 2.